The minimum atomic E-state index is -0.306. The zero-order valence-corrected chi connectivity index (χ0v) is 18.7. The van der Waals surface area contributed by atoms with Crippen molar-refractivity contribution < 1.29 is 9.59 Å². The molecule has 6 heteroatoms. The standard InChI is InChI=1S/C25H27N3O2S/c1-17(2)31-23-12-8-7-11-22(23)24(29)26-18(3)19-13-15-21(16-14-19)28-25(30)27-20-9-5-4-6-10-20/h4-18H,1-3H3,(H,26,29)(H2,27,28,30). The summed E-state index contributed by atoms with van der Waals surface area (Å²) in [5.74, 6) is -0.0966. The van der Waals surface area contributed by atoms with E-state index < -0.39 is 0 Å². The summed E-state index contributed by atoms with van der Waals surface area (Å²) in [6.45, 7) is 6.16. The first-order valence-corrected chi connectivity index (χ1v) is 11.1. The van der Waals surface area contributed by atoms with Gasteiger partial charge in [0, 0.05) is 21.5 Å². The van der Waals surface area contributed by atoms with Gasteiger partial charge in [-0.2, -0.15) is 0 Å². The molecule has 31 heavy (non-hydrogen) atoms. The molecule has 0 saturated carbocycles. The van der Waals surface area contributed by atoms with Crippen LogP contribution in [0.25, 0.3) is 0 Å². The molecular formula is C25H27N3O2S. The molecular weight excluding hydrogens is 406 g/mol. The minimum Gasteiger partial charge on any atom is -0.345 e. The normalized spacial score (nSPS) is 11.6. The van der Waals surface area contributed by atoms with Crippen molar-refractivity contribution in [3.05, 3.63) is 90.0 Å². The van der Waals surface area contributed by atoms with Gasteiger partial charge in [0.15, 0.2) is 0 Å². The molecule has 3 N–H and O–H groups in total. The lowest BCUT2D eigenvalue weighted by Crippen LogP contribution is -2.27. The number of thioether (sulfide) groups is 1. The Morgan fingerprint density at radius 2 is 1.32 bits per heavy atom. The fourth-order valence-electron chi connectivity index (χ4n) is 3.04. The highest BCUT2D eigenvalue weighted by Gasteiger charge is 2.16. The molecule has 0 spiro atoms. The fourth-order valence-corrected chi connectivity index (χ4v) is 3.99. The first-order chi connectivity index (χ1) is 14.9. The molecule has 5 nitrogen and oxygen atoms in total. The number of urea groups is 1. The summed E-state index contributed by atoms with van der Waals surface area (Å²) in [6.07, 6.45) is 0. The maximum absolute atomic E-state index is 12.8. The molecule has 0 aliphatic heterocycles. The fraction of sp³-hybridized carbons (Fsp3) is 0.200. The van der Waals surface area contributed by atoms with Gasteiger partial charge in [-0.05, 0) is 48.9 Å². The van der Waals surface area contributed by atoms with Crippen LogP contribution in [-0.4, -0.2) is 17.2 Å². The molecule has 3 rings (SSSR count). The van der Waals surface area contributed by atoms with Crippen LogP contribution < -0.4 is 16.0 Å². The van der Waals surface area contributed by atoms with Crippen molar-refractivity contribution in [3.8, 4) is 0 Å². The zero-order valence-electron chi connectivity index (χ0n) is 17.9. The number of hydrogen-bond acceptors (Lipinski definition) is 3. The molecule has 0 aliphatic rings. The van der Waals surface area contributed by atoms with Crippen LogP contribution in [0.1, 0.15) is 42.7 Å². The van der Waals surface area contributed by atoms with Gasteiger partial charge in [0.1, 0.15) is 0 Å². The Labute approximate surface area is 187 Å². The minimum absolute atomic E-state index is 0.0966. The summed E-state index contributed by atoms with van der Waals surface area (Å²) in [7, 11) is 0. The number of amides is 3. The van der Waals surface area contributed by atoms with Crippen molar-refractivity contribution in [3.63, 3.8) is 0 Å². The topological polar surface area (TPSA) is 70.2 Å². The van der Waals surface area contributed by atoms with Crippen LogP contribution in [-0.2, 0) is 0 Å². The first kappa shape index (κ1) is 22.4. The van der Waals surface area contributed by atoms with Gasteiger partial charge in [-0.15, -0.1) is 11.8 Å². The van der Waals surface area contributed by atoms with Crippen molar-refractivity contribution >= 4 is 35.1 Å². The molecule has 1 atom stereocenters. The Hall–Kier alpha value is -3.25. The maximum atomic E-state index is 12.8. The number of rotatable bonds is 7. The van der Waals surface area contributed by atoms with Gasteiger partial charge in [0.05, 0.1) is 11.6 Å². The van der Waals surface area contributed by atoms with E-state index in [-0.39, 0.29) is 18.0 Å². The first-order valence-electron chi connectivity index (χ1n) is 10.2. The summed E-state index contributed by atoms with van der Waals surface area (Å²) in [4.78, 5) is 25.9. The zero-order chi connectivity index (χ0) is 22.2. The van der Waals surface area contributed by atoms with Gasteiger partial charge in [-0.25, -0.2) is 4.79 Å². The molecule has 0 aromatic heterocycles. The van der Waals surface area contributed by atoms with Gasteiger partial charge in [-0.1, -0.05) is 56.3 Å². The van der Waals surface area contributed by atoms with Gasteiger partial charge in [-0.3, -0.25) is 4.79 Å². The SMILES string of the molecule is CC(C)Sc1ccccc1C(=O)NC(C)c1ccc(NC(=O)Nc2ccccc2)cc1. The van der Waals surface area contributed by atoms with E-state index in [0.29, 0.717) is 16.5 Å². The number of benzene rings is 3. The molecule has 160 valence electrons. The van der Waals surface area contributed by atoms with E-state index in [9.17, 15) is 9.59 Å². The number of carbonyl (C=O) groups excluding carboxylic acids is 2. The number of nitrogens with one attached hydrogen (secondary N) is 3. The molecule has 0 bridgehead atoms. The average molecular weight is 434 g/mol. The molecule has 0 fully saturated rings. The summed E-state index contributed by atoms with van der Waals surface area (Å²) in [6, 6.07) is 23.9. The molecule has 3 amide bonds. The Morgan fingerprint density at radius 3 is 1.97 bits per heavy atom. The van der Waals surface area contributed by atoms with Crippen LogP contribution >= 0.6 is 11.8 Å². The third-order valence-electron chi connectivity index (χ3n) is 4.54. The van der Waals surface area contributed by atoms with Crippen LogP contribution in [0.4, 0.5) is 16.2 Å². The van der Waals surface area contributed by atoms with E-state index in [1.54, 1.807) is 11.8 Å². The molecule has 3 aromatic carbocycles. The van der Waals surface area contributed by atoms with Gasteiger partial charge in [0.2, 0.25) is 0 Å². The lowest BCUT2D eigenvalue weighted by Gasteiger charge is -2.17. The van der Waals surface area contributed by atoms with Crippen LogP contribution in [0.2, 0.25) is 0 Å². The summed E-state index contributed by atoms with van der Waals surface area (Å²) in [5.41, 5.74) is 3.04. The Balaban J connectivity index is 1.59. The van der Waals surface area contributed by atoms with Crippen molar-refractivity contribution in [2.75, 3.05) is 10.6 Å². The van der Waals surface area contributed by atoms with E-state index in [2.05, 4.69) is 29.8 Å². The highest BCUT2D eigenvalue weighted by molar-refractivity contribution is 8.00. The molecule has 1 unspecified atom stereocenters. The smallest absolute Gasteiger partial charge is 0.323 e. The summed E-state index contributed by atoms with van der Waals surface area (Å²) < 4.78 is 0. The number of anilines is 2. The van der Waals surface area contributed by atoms with E-state index >= 15 is 0 Å². The third kappa shape index (κ3) is 6.62. The Kier molecular flexibility index (Phi) is 7.73. The summed E-state index contributed by atoms with van der Waals surface area (Å²) in [5, 5.41) is 9.05. The van der Waals surface area contributed by atoms with Gasteiger partial charge >= 0.3 is 6.03 Å². The average Bonchev–Trinajstić information content (AvgIpc) is 2.74. The number of para-hydroxylation sites is 1. The highest BCUT2D eigenvalue weighted by atomic mass is 32.2. The lowest BCUT2D eigenvalue weighted by atomic mass is 10.1. The highest BCUT2D eigenvalue weighted by Crippen LogP contribution is 2.27. The third-order valence-corrected chi connectivity index (χ3v) is 5.62. The van der Waals surface area contributed by atoms with Crippen LogP contribution in [0, 0.1) is 0 Å². The monoisotopic (exact) mass is 433 g/mol. The van der Waals surface area contributed by atoms with E-state index in [0.717, 1.165) is 16.1 Å². The molecule has 3 aromatic rings. The van der Waals surface area contributed by atoms with Gasteiger partial charge < -0.3 is 16.0 Å². The van der Waals surface area contributed by atoms with Crippen LogP contribution in [0.15, 0.2) is 83.8 Å². The lowest BCUT2D eigenvalue weighted by molar-refractivity contribution is 0.0937. The predicted molar refractivity (Wildman–Crippen MR) is 129 cm³/mol. The number of carbonyl (C=O) groups is 2. The second-order valence-corrected chi connectivity index (χ2v) is 9.04. The molecule has 0 saturated heterocycles. The van der Waals surface area contributed by atoms with Crippen molar-refractivity contribution in [2.45, 2.75) is 37.0 Å². The predicted octanol–water partition coefficient (Wildman–Crippen LogP) is 6.32. The Morgan fingerprint density at radius 1 is 0.742 bits per heavy atom. The van der Waals surface area contributed by atoms with Crippen LogP contribution in [0.5, 0.6) is 0 Å². The van der Waals surface area contributed by atoms with Crippen LogP contribution in [0.3, 0.4) is 0 Å². The maximum Gasteiger partial charge on any atom is 0.323 e. The van der Waals surface area contributed by atoms with Gasteiger partial charge in [0.25, 0.3) is 5.91 Å². The van der Waals surface area contributed by atoms with E-state index in [1.165, 1.54) is 0 Å². The summed E-state index contributed by atoms with van der Waals surface area (Å²) >= 11 is 1.68. The molecule has 0 aliphatic carbocycles. The molecule has 0 radical (unpaired) electrons. The van der Waals surface area contributed by atoms with E-state index in [4.69, 9.17) is 0 Å². The van der Waals surface area contributed by atoms with Crippen molar-refractivity contribution in [1.82, 2.24) is 5.32 Å². The second kappa shape index (κ2) is 10.7. The molecule has 0 heterocycles. The second-order valence-electron chi connectivity index (χ2n) is 7.43. The Bertz CT molecular complexity index is 1020. The largest absolute Gasteiger partial charge is 0.345 e. The van der Waals surface area contributed by atoms with Crippen molar-refractivity contribution in [1.29, 1.82) is 0 Å². The number of hydrogen-bond donors (Lipinski definition) is 3. The van der Waals surface area contributed by atoms with Crippen molar-refractivity contribution in [2.24, 2.45) is 0 Å². The quantitative estimate of drug-likeness (QED) is 0.382. The van der Waals surface area contributed by atoms with E-state index in [1.807, 2.05) is 85.8 Å².